The van der Waals surface area contributed by atoms with Gasteiger partial charge in [-0.05, 0) is 70.3 Å². The number of aliphatic hydroxyl groups excluding tert-OH is 2. The number of anilines is 1. The van der Waals surface area contributed by atoms with E-state index in [9.17, 15) is 10.2 Å². The van der Waals surface area contributed by atoms with Crippen LogP contribution >= 0.6 is 0 Å². The van der Waals surface area contributed by atoms with E-state index >= 15 is 0 Å². The maximum absolute atomic E-state index is 10.8. The number of aromatic amines is 1. The smallest absolute Gasteiger partial charge is 0.167 e. The van der Waals surface area contributed by atoms with Gasteiger partial charge in [0.05, 0.1) is 17.4 Å². The van der Waals surface area contributed by atoms with Crippen molar-refractivity contribution in [2.75, 3.05) is 18.8 Å². The summed E-state index contributed by atoms with van der Waals surface area (Å²) in [5.41, 5.74) is 11.4. The van der Waals surface area contributed by atoms with Crippen LogP contribution < -0.4 is 5.73 Å². The van der Waals surface area contributed by atoms with Gasteiger partial charge >= 0.3 is 0 Å². The summed E-state index contributed by atoms with van der Waals surface area (Å²) >= 11 is 0. The number of unbranched alkanes of at least 4 members (excludes halogenated alkanes) is 1. The number of rotatable bonds is 9. The van der Waals surface area contributed by atoms with Gasteiger partial charge in [0.25, 0.3) is 0 Å². The molecule has 4 aromatic rings. The number of imidazole rings is 2. The van der Waals surface area contributed by atoms with Crippen LogP contribution in [0, 0.1) is 13.8 Å². The van der Waals surface area contributed by atoms with Crippen molar-refractivity contribution in [2.24, 2.45) is 0 Å². The molecule has 1 aliphatic rings. The minimum Gasteiger partial charge on any atom is -0.387 e. The first-order valence-electron chi connectivity index (χ1n) is 12.9. The fourth-order valence-corrected chi connectivity index (χ4v) is 5.01. The van der Waals surface area contributed by atoms with Crippen molar-refractivity contribution < 1.29 is 14.9 Å². The van der Waals surface area contributed by atoms with E-state index in [4.69, 9.17) is 15.5 Å². The van der Waals surface area contributed by atoms with Gasteiger partial charge in [0.1, 0.15) is 36.0 Å². The lowest BCUT2D eigenvalue weighted by molar-refractivity contribution is -0.0469. The van der Waals surface area contributed by atoms with Crippen molar-refractivity contribution in [3.8, 4) is 0 Å². The van der Waals surface area contributed by atoms with Crippen LogP contribution in [0.1, 0.15) is 49.9 Å². The van der Waals surface area contributed by atoms with Gasteiger partial charge in [0.2, 0.25) is 0 Å². The minimum atomic E-state index is -1.12. The molecule has 37 heavy (non-hydrogen) atoms. The molecule has 11 nitrogen and oxygen atoms in total. The lowest BCUT2D eigenvalue weighted by atomic mass is 10.1. The van der Waals surface area contributed by atoms with Crippen molar-refractivity contribution >= 4 is 28.0 Å². The lowest BCUT2D eigenvalue weighted by Crippen LogP contribution is -2.43. The van der Waals surface area contributed by atoms with Crippen LogP contribution in [0.3, 0.4) is 0 Å². The third-order valence-electron chi connectivity index (χ3n) is 7.40. The van der Waals surface area contributed by atoms with Gasteiger partial charge in [0, 0.05) is 19.0 Å². The van der Waals surface area contributed by atoms with Crippen LogP contribution in [-0.2, 0) is 11.2 Å². The molecule has 4 heterocycles. The summed E-state index contributed by atoms with van der Waals surface area (Å²) < 4.78 is 7.76. The summed E-state index contributed by atoms with van der Waals surface area (Å²) in [6.45, 7) is 9.83. The van der Waals surface area contributed by atoms with Gasteiger partial charge < -0.3 is 25.7 Å². The number of benzene rings is 1. The molecule has 5 rings (SSSR count). The highest BCUT2D eigenvalue weighted by atomic mass is 16.6. The van der Waals surface area contributed by atoms with E-state index in [1.807, 2.05) is 0 Å². The van der Waals surface area contributed by atoms with Gasteiger partial charge in [0.15, 0.2) is 17.7 Å². The molecule has 0 amide bonds. The standard InChI is InChI=1S/C26H36N8O3/c1-14(2)33(8-6-5-7-20-31-17-9-15(3)16(4)10-18(17)32-20)11-19-22(35)23(36)26(37-19)34-13-30-21-24(27)28-12-29-25(21)34/h9-10,12-14,19,22-23,26,35-36H,5-8,11H2,1-4H3,(H,31,32)(H2,27,28,29)/t19-,22-,23-,26-/m1/s1. The second-order valence-electron chi connectivity index (χ2n) is 10.3. The Labute approximate surface area is 215 Å². The number of aryl methyl sites for hydroxylation is 3. The maximum Gasteiger partial charge on any atom is 0.167 e. The zero-order chi connectivity index (χ0) is 26.3. The van der Waals surface area contributed by atoms with E-state index in [0.717, 1.165) is 42.7 Å². The molecule has 0 spiro atoms. The van der Waals surface area contributed by atoms with E-state index in [0.29, 0.717) is 17.7 Å². The van der Waals surface area contributed by atoms with Crippen LogP contribution in [0.25, 0.3) is 22.2 Å². The number of nitrogens with one attached hydrogen (secondary N) is 1. The first-order valence-corrected chi connectivity index (χ1v) is 12.9. The fraction of sp³-hybridized carbons (Fsp3) is 0.538. The van der Waals surface area contributed by atoms with Crippen molar-refractivity contribution in [1.29, 1.82) is 0 Å². The van der Waals surface area contributed by atoms with E-state index in [-0.39, 0.29) is 11.9 Å². The second-order valence-corrected chi connectivity index (χ2v) is 10.3. The van der Waals surface area contributed by atoms with Crippen molar-refractivity contribution in [3.05, 3.63) is 41.7 Å². The highest BCUT2D eigenvalue weighted by Gasteiger charge is 2.45. The van der Waals surface area contributed by atoms with E-state index in [1.165, 1.54) is 23.8 Å². The Bertz CT molecular complexity index is 1340. The summed E-state index contributed by atoms with van der Waals surface area (Å²) in [7, 11) is 0. The van der Waals surface area contributed by atoms with Gasteiger partial charge in [-0.2, -0.15) is 0 Å². The average Bonchev–Trinajstić information content (AvgIpc) is 3.53. The molecule has 0 radical (unpaired) electrons. The fourth-order valence-electron chi connectivity index (χ4n) is 5.01. The number of hydrogen-bond acceptors (Lipinski definition) is 9. The second kappa shape index (κ2) is 10.3. The molecular weight excluding hydrogens is 472 g/mol. The minimum absolute atomic E-state index is 0.255. The first kappa shape index (κ1) is 25.5. The Morgan fingerprint density at radius 1 is 1.11 bits per heavy atom. The predicted molar refractivity (Wildman–Crippen MR) is 141 cm³/mol. The van der Waals surface area contributed by atoms with Crippen molar-refractivity contribution in [3.63, 3.8) is 0 Å². The van der Waals surface area contributed by atoms with Crippen LogP contribution in [-0.4, -0.2) is 82.0 Å². The highest BCUT2D eigenvalue weighted by Crippen LogP contribution is 2.32. The lowest BCUT2D eigenvalue weighted by Gasteiger charge is -2.30. The number of nitrogen functional groups attached to an aromatic ring is 1. The quantitative estimate of drug-likeness (QED) is 0.250. The van der Waals surface area contributed by atoms with Crippen LogP contribution in [0.4, 0.5) is 5.82 Å². The van der Waals surface area contributed by atoms with Gasteiger partial charge in [-0.15, -0.1) is 0 Å². The van der Waals surface area contributed by atoms with Crippen LogP contribution in [0.2, 0.25) is 0 Å². The van der Waals surface area contributed by atoms with Gasteiger partial charge in [-0.3, -0.25) is 9.47 Å². The van der Waals surface area contributed by atoms with Crippen LogP contribution in [0.15, 0.2) is 24.8 Å². The molecule has 3 aromatic heterocycles. The molecule has 0 unspecified atom stereocenters. The number of ether oxygens (including phenoxy) is 1. The zero-order valence-electron chi connectivity index (χ0n) is 21.8. The molecule has 0 aliphatic carbocycles. The molecule has 1 aliphatic heterocycles. The molecule has 4 atom stereocenters. The summed E-state index contributed by atoms with van der Waals surface area (Å²) in [5.74, 6) is 1.26. The van der Waals surface area contributed by atoms with Gasteiger partial charge in [-0.1, -0.05) is 0 Å². The van der Waals surface area contributed by atoms with Crippen molar-refractivity contribution in [1.82, 2.24) is 34.4 Å². The first-order chi connectivity index (χ1) is 17.7. The molecule has 1 fully saturated rings. The number of H-pyrrole nitrogens is 1. The molecule has 5 N–H and O–H groups in total. The highest BCUT2D eigenvalue weighted by molar-refractivity contribution is 5.81. The third kappa shape index (κ3) is 5.04. The molecule has 198 valence electrons. The number of aliphatic hydroxyl groups is 2. The Hall–Kier alpha value is -3.12. The normalized spacial score (nSPS) is 22.3. The largest absolute Gasteiger partial charge is 0.387 e. The SMILES string of the molecule is Cc1cc2nc(CCCCN(C[C@H]3O[C@@H](n4cnc5c(N)ncnc54)[C@H](O)[C@@H]3O)C(C)C)[nH]c2cc1C. The molecule has 1 saturated heterocycles. The number of nitrogens with zero attached hydrogens (tertiary/aromatic N) is 6. The maximum atomic E-state index is 10.8. The molecular formula is C26H36N8O3. The number of nitrogens with two attached hydrogens (primary N) is 1. The number of aromatic nitrogens is 6. The van der Waals surface area contributed by atoms with Crippen molar-refractivity contribution in [2.45, 2.75) is 77.5 Å². The average molecular weight is 509 g/mol. The summed E-state index contributed by atoms with van der Waals surface area (Å²) in [6, 6.07) is 4.55. The molecule has 1 aromatic carbocycles. The zero-order valence-corrected chi connectivity index (χ0v) is 21.8. The molecule has 0 bridgehead atoms. The van der Waals surface area contributed by atoms with E-state index in [2.05, 4.69) is 64.7 Å². The Balaban J connectivity index is 1.19. The Morgan fingerprint density at radius 2 is 1.89 bits per heavy atom. The Kier molecular flexibility index (Phi) is 7.13. The monoisotopic (exact) mass is 508 g/mol. The predicted octanol–water partition coefficient (Wildman–Crippen LogP) is 2.25. The van der Waals surface area contributed by atoms with E-state index < -0.39 is 24.5 Å². The molecule has 0 saturated carbocycles. The summed E-state index contributed by atoms with van der Waals surface area (Å²) in [6.07, 6.45) is 2.18. The number of fused-ring (bicyclic) bond motifs is 2. The van der Waals surface area contributed by atoms with Gasteiger partial charge in [-0.25, -0.2) is 19.9 Å². The number of hydrogen-bond donors (Lipinski definition) is 4. The third-order valence-corrected chi connectivity index (χ3v) is 7.40. The topological polar surface area (TPSA) is 151 Å². The van der Waals surface area contributed by atoms with E-state index in [1.54, 1.807) is 4.57 Å². The summed E-state index contributed by atoms with van der Waals surface area (Å²) in [4.78, 5) is 22.9. The van der Waals surface area contributed by atoms with Crippen LogP contribution in [0.5, 0.6) is 0 Å². The Morgan fingerprint density at radius 3 is 2.68 bits per heavy atom. The summed E-state index contributed by atoms with van der Waals surface area (Å²) in [5, 5.41) is 21.6. The molecule has 11 heteroatoms.